The summed E-state index contributed by atoms with van der Waals surface area (Å²) in [4.78, 5) is 2.53. The van der Waals surface area contributed by atoms with Crippen molar-refractivity contribution in [2.75, 3.05) is 4.90 Å². The van der Waals surface area contributed by atoms with Gasteiger partial charge >= 0.3 is 0 Å². The van der Waals surface area contributed by atoms with E-state index in [1.165, 1.54) is 89.0 Å². The highest BCUT2D eigenvalue weighted by atomic mass is 16.5. The quantitative estimate of drug-likeness (QED) is 0.166. The molecule has 0 atom stereocenters. The van der Waals surface area contributed by atoms with E-state index in [1.807, 2.05) is 0 Å². The first-order chi connectivity index (χ1) is 41.7. The van der Waals surface area contributed by atoms with Gasteiger partial charge in [0.2, 0.25) is 0 Å². The smallest absolute Gasteiger partial charge is 0.132 e. The highest BCUT2D eigenvalue weighted by Crippen LogP contribution is 2.66. The molecular formula is C81H51NO2. The Morgan fingerprint density at radius 1 is 0.226 bits per heavy atom. The zero-order chi connectivity index (χ0) is 55.1. The van der Waals surface area contributed by atoms with Crippen LogP contribution in [0.3, 0.4) is 0 Å². The zero-order valence-electron chi connectivity index (χ0n) is 45.7. The van der Waals surface area contributed by atoms with Crippen molar-refractivity contribution in [2.24, 2.45) is 0 Å². The molecule has 3 heteroatoms. The first-order valence-electron chi connectivity index (χ1n) is 29.1. The van der Waals surface area contributed by atoms with Gasteiger partial charge in [0, 0.05) is 39.2 Å². The van der Waals surface area contributed by atoms with Crippen LogP contribution in [0.4, 0.5) is 17.1 Å². The summed E-state index contributed by atoms with van der Waals surface area (Å²) < 4.78 is 13.5. The van der Waals surface area contributed by atoms with Gasteiger partial charge in [-0.1, -0.05) is 249 Å². The highest BCUT2D eigenvalue weighted by Gasteiger charge is 2.53. The predicted octanol–water partition coefficient (Wildman–Crippen LogP) is 20.1. The number of para-hydroxylation sites is 4. The van der Waals surface area contributed by atoms with Gasteiger partial charge in [0.05, 0.1) is 21.9 Å². The van der Waals surface area contributed by atoms with Crippen LogP contribution in [0.15, 0.2) is 309 Å². The van der Waals surface area contributed by atoms with Gasteiger partial charge in [0.1, 0.15) is 23.0 Å². The van der Waals surface area contributed by atoms with Crippen molar-refractivity contribution in [3.8, 4) is 67.5 Å². The second-order valence-electron chi connectivity index (χ2n) is 22.9. The number of rotatable bonds is 6. The lowest BCUT2D eigenvalue weighted by Crippen LogP contribution is -2.32. The predicted molar refractivity (Wildman–Crippen MR) is 339 cm³/mol. The summed E-state index contributed by atoms with van der Waals surface area (Å²) in [6.45, 7) is 0. The molecule has 2 heterocycles. The second kappa shape index (κ2) is 17.6. The lowest BCUT2D eigenvalue weighted by Gasteiger charge is -2.39. The number of hydrogen-bond acceptors (Lipinski definition) is 3. The molecular weight excluding hydrogens is 1020 g/mol. The molecule has 18 rings (SSSR count). The summed E-state index contributed by atoms with van der Waals surface area (Å²) in [5.74, 6) is 3.54. The van der Waals surface area contributed by atoms with E-state index in [0.717, 1.165) is 62.3 Å². The van der Waals surface area contributed by atoms with E-state index < -0.39 is 16.2 Å². The number of hydrogen-bond donors (Lipinski definition) is 0. The summed E-state index contributed by atoms with van der Waals surface area (Å²) >= 11 is 0. The summed E-state index contributed by atoms with van der Waals surface area (Å²) in [5.41, 5.74) is 25.8. The van der Waals surface area contributed by atoms with E-state index in [-0.39, 0.29) is 0 Å². The fourth-order valence-electron chi connectivity index (χ4n) is 15.9. The molecule has 3 aliphatic carbocycles. The molecule has 0 fully saturated rings. The molecule has 0 saturated heterocycles. The van der Waals surface area contributed by atoms with Crippen molar-refractivity contribution in [1.82, 2.24) is 0 Å². The third kappa shape index (κ3) is 6.09. The minimum absolute atomic E-state index is 0.530. The molecule has 2 spiro atoms. The molecule has 3 nitrogen and oxygen atoms in total. The lowest BCUT2D eigenvalue weighted by molar-refractivity contribution is 0.436. The van der Waals surface area contributed by atoms with Gasteiger partial charge < -0.3 is 14.4 Å². The maximum atomic E-state index is 6.82. The number of nitrogens with zero attached hydrogens (tertiary/aromatic N) is 1. The van der Waals surface area contributed by atoms with Gasteiger partial charge in [0.15, 0.2) is 0 Å². The molecule has 0 bridgehead atoms. The van der Waals surface area contributed by atoms with Crippen LogP contribution in [0.2, 0.25) is 0 Å². The van der Waals surface area contributed by atoms with Crippen LogP contribution < -0.4 is 14.4 Å². The zero-order valence-corrected chi connectivity index (χ0v) is 45.7. The summed E-state index contributed by atoms with van der Waals surface area (Å²) in [6.07, 6.45) is 0. The van der Waals surface area contributed by atoms with Crippen molar-refractivity contribution in [2.45, 2.75) is 16.2 Å². The highest BCUT2D eigenvalue weighted by molar-refractivity contribution is 5.99. The number of ether oxygens (including phenoxy) is 2. The first-order valence-corrected chi connectivity index (χ1v) is 29.1. The Labute approximate surface area is 488 Å². The van der Waals surface area contributed by atoms with E-state index in [1.54, 1.807) is 0 Å². The molecule has 0 N–H and O–H groups in total. The van der Waals surface area contributed by atoms with Crippen LogP contribution in [0.25, 0.3) is 44.5 Å². The monoisotopic (exact) mass is 1070 g/mol. The third-order valence-corrected chi connectivity index (χ3v) is 19.1. The molecule has 0 radical (unpaired) electrons. The van der Waals surface area contributed by atoms with Crippen LogP contribution >= 0.6 is 0 Å². The van der Waals surface area contributed by atoms with Crippen LogP contribution in [-0.4, -0.2) is 0 Å². The van der Waals surface area contributed by atoms with Gasteiger partial charge in [-0.15, -0.1) is 0 Å². The Bertz CT molecular complexity index is 4730. The molecule has 2 aliphatic heterocycles. The third-order valence-electron chi connectivity index (χ3n) is 19.1. The van der Waals surface area contributed by atoms with E-state index in [0.29, 0.717) is 0 Å². The van der Waals surface area contributed by atoms with Gasteiger partial charge in [-0.25, -0.2) is 0 Å². The summed E-state index contributed by atoms with van der Waals surface area (Å²) in [6, 6.07) is 114. The Morgan fingerprint density at radius 2 is 0.619 bits per heavy atom. The van der Waals surface area contributed by atoms with E-state index >= 15 is 0 Å². The average molecular weight is 1070 g/mol. The molecule has 13 aromatic rings. The van der Waals surface area contributed by atoms with Crippen LogP contribution in [0.5, 0.6) is 23.0 Å². The van der Waals surface area contributed by atoms with Crippen LogP contribution in [-0.2, 0) is 16.2 Å². The molecule has 13 aromatic carbocycles. The minimum atomic E-state index is -0.649. The Morgan fingerprint density at radius 3 is 1.17 bits per heavy atom. The molecule has 0 amide bonds. The van der Waals surface area contributed by atoms with Crippen molar-refractivity contribution in [1.29, 1.82) is 0 Å². The maximum Gasteiger partial charge on any atom is 0.132 e. The van der Waals surface area contributed by atoms with Crippen molar-refractivity contribution in [3.05, 3.63) is 376 Å². The van der Waals surface area contributed by atoms with Crippen molar-refractivity contribution in [3.63, 3.8) is 0 Å². The molecule has 0 saturated carbocycles. The van der Waals surface area contributed by atoms with Crippen molar-refractivity contribution >= 4 is 17.1 Å². The Kier molecular flexibility index (Phi) is 9.86. The minimum Gasteiger partial charge on any atom is -0.457 e. The summed E-state index contributed by atoms with van der Waals surface area (Å²) in [7, 11) is 0. The number of anilines is 3. The van der Waals surface area contributed by atoms with Gasteiger partial charge in [0.25, 0.3) is 0 Å². The molecule has 0 aromatic heterocycles. The van der Waals surface area contributed by atoms with Gasteiger partial charge in [-0.3, -0.25) is 0 Å². The molecule has 5 aliphatic rings. The largest absolute Gasteiger partial charge is 0.457 e. The summed E-state index contributed by atoms with van der Waals surface area (Å²) in [5, 5.41) is 0. The molecule has 0 unspecified atom stereocenters. The molecule has 84 heavy (non-hydrogen) atoms. The number of benzene rings is 13. The fraction of sp³-hybridized carbons (Fsp3) is 0.0370. The van der Waals surface area contributed by atoms with Gasteiger partial charge in [-0.2, -0.15) is 0 Å². The normalized spacial score (nSPS) is 14.7. The van der Waals surface area contributed by atoms with Crippen LogP contribution in [0, 0.1) is 0 Å². The van der Waals surface area contributed by atoms with E-state index in [4.69, 9.17) is 9.47 Å². The maximum absolute atomic E-state index is 6.82. The van der Waals surface area contributed by atoms with Crippen LogP contribution in [0.1, 0.15) is 66.8 Å². The lowest BCUT2D eigenvalue weighted by atomic mass is 9.66. The molecule has 392 valence electrons. The number of fused-ring (bicyclic) bond motifs is 21. The van der Waals surface area contributed by atoms with Gasteiger partial charge in [-0.05, 0) is 144 Å². The Hall–Kier alpha value is -10.7. The standard InChI is InChI=1S/C81H51NO2/c1-3-22-54(23-4-1)79(55-24-5-2-6-25-55)65-31-12-9-28-61(65)78-71(79)36-21-37-73(78)82(57-47-48-60-58-26-7-10-29-63(58)81(72(60)51-57)69-34-15-19-40-76(69)84-77-41-20-16-35-70(77)81)56-45-42-52(43-46-56)53-44-49-66-62(50-53)59-27-8-11-30-64(59)80(66)67-32-13-17-38-74(67)83-75-39-18-14-33-68(75)80/h1-51H. The second-order valence-corrected chi connectivity index (χ2v) is 22.9. The fourth-order valence-corrected chi connectivity index (χ4v) is 15.9. The van der Waals surface area contributed by atoms with E-state index in [9.17, 15) is 0 Å². The average Bonchev–Trinajstić information content (AvgIpc) is 1.63. The Balaban J connectivity index is 0.862. The van der Waals surface area contributed by atoms with E-state index in [2.05, 4.69) is 314 Å². The van der Waals surface area contributed by atoms with Crippen molar-refractivity contribution < 1.29 is 9.47 Å². The SMILES string of the molecule is c1ccc(C2(c3ccccc3)c3ccccc3-c3c(N(c4ccc(-c5ccc6c(c5)-c5ccccc5C65c6ccccc6Oc6ccccc65)cc4)c4ccc5c(c4)C4(c6ccccc6Oc6ccccc64)c4ccccc4-5)cccc32)cc1. The first kappa shape index (κ1) is 47.0. The topological polar surface area (TPSA) is 21.7 Å².